The molecule has 3 nitrogen and oxygen atoms in total. The molecule has 0 saturated heterocycles. The Balaban J connectivity index is 1.94. The van der Waals surface area contributed by atoms with Crippen LogP contribution in [0.2, 0.25) is 0 Å². The maximum atomic E-state index is 12.7. The lowest BCUT2D eigenvalue weighted by molar-refractivity contribution is -0.114. The highest BCUT2D eigenvalue weighted by Gasteiger charge is 2.24. The monoisotopic (exact) mass is 288 g/mol. The number of hydrogen-bond acceptors (Lipinski definition) is 2. The summed E-state index contributed by atoms with van der Waals surface area (Å²) < 4.78 is 0. The van der Waals surface area contributed by atoms with Gasteiger partial charge in [-0.15, -0.1) is 0 Å². The number of aryl methyl sites for hydroxylation is 1. The first kappa shape index (κ1) is 14.1. The molecule has 3 heteroatoms. The van der Waals surface area contributed by atoms with Crippen LogP contribution in [0, 0.1) is 11.3 Å². The fourth-order valence-electron chi connectivity index (χ4n) is 2.75. The second kappa shape index (κ2) is 6.28. The fraction of sp³-hybridized carbons (Fsp3) is 0.158. The third kappa shape index (κ3) is 2.77. The number of fused-ring (bicyclic) bond motifs is 1. The number of para-hydroxylation sites is 1. The molecule has 22 heavy (non-hydrogen) atoms. The second-order valence-corrected chi connectivity index (χ2v) is 5.27. The summed E-state index contributed by atoms with van der Waals surface area (Å²) in [6.07, 6.45) is 3.55. The van der Waals surface area contributed by atoms with Gasteiger partial charge < -0.3 is 4.90 Å². The minimum absolute atomic E-state index is 0.169. The van der Waals surface area contributed by atoms with Gasteiger partial charge in [-0.05, 0) is 36.1 Å². The number of nitrogens with zero attached hydrogens (tertiary/aromatic N) is 2. The number of nitriles is 1. The van der Waals surface area contributed by atoms with Gasteiger partial charge in [0.1, 0.15) is 11.6 Å². The Morgan fingerprint density at radius 1 is 1.09 bits per heavy atom. The van der Waals surface area contributed by atoms with Gasteiger partial charge in [0.2, 0.25) is 0 Å². The molecular formula is C19H16N2O. The zero-order valence-corrected chi connectivity index (χ0v) is 12.2. The van der Waals surface area contributed by atoms with E-state index in [4.69, 9.17) is 0 Å². The maximum Gasteiger partial charge on any atom is 0.268 e. The Morgan fingerprint density at radius 2 is 1.82 bits per heavy atom. The van der Waals surface area contributed by atoms with Gasteiger partial charge >= 0.3 is 0 Å². The van der Waals surface area contributed by atoms with Crippen LogP contribution in [0.3, 0.4) is 0 Å². The van der Waals surface area contributed by atoms with E-state index in [1.165, 1.54) is 5.56 Å². The van der Waals surface area contributed by atoms with Crippen LogP contribution in [0.25, 0.3) is 6.08 Å². The number of carbonyl (C=O) groups is 1. The van der Waals surface area contributed by atoms with Crippen LogP contribution in [0.15, 0.2) is 60.2 Å². The summed E-state index contributed by atoms with van der Waals surface area (Å²) in [5.74, 6) is -0.224. The second-order valence-electron chi connectivity index (χ2n) is 5.27. The Labute approximate surface area is 130 Å². The molecule has 1 aliphatic heterocycles. The highest BCUT2D eigenvalue weighted by Crippen LogP contribution is 2.28. The molecule has 0 aliphatic carbocycles. The largest absolute Gasteiger partial charge is 0.307 e. The van der Waals surface area contributed by atoms with Crippen molar-refractivity contribution in [3.8, 4) is 6.07 Å². The molecule has 1 aliphatic rings. The molecule has 2 aromatic carbocycles. The molecule has 0 atom stereocenters. The molecule has 108 valence electrons. The summed E-state index contributed by atoms with van der Waals surface area (Å²) in [6, 6.07) is 19.4. The van der Waals surface area contributed by atoms with E-state index in [1.807, 2.05) is 60.7 Å². The van der Waals surface area contributed by atoms with Gasteiger partial charge in [-0.2, -0.15) is 5.26 Å². The molecule has 0 saturated carbocycles. The minimum atomic E-state index is -0.224. The summed E-state index contributed by atoms with van der Waals surface area (Å²) in [7, 11) is 0. The van der Waals surface area contributed by atoms with E-state index in [2.05, 4.69) is 0 Å². The molecule has 0 unspecified atom stereocenters. The van der Waals surface area contributed by atoms with Crippen LogP contribution in [0.4, 0.5) is 5.69 Å². The molecule has 2 aromatic rings. The molecule has 0 radical (unpaired) electrons. The summed E-state index contributed by atoms with van der Waals surface area (Å²) in [5.41, 5.74) is 3.12. The van der Waals surface area contributed by atoms with Crippen LogP contribution in [0.1, 0.15) is 17.5 Å². The number of hydrogen-bond donors (Lipinski definition) is 0. The molecule has 1 amide bonds. The van der Waals surface area contributed by atoms with Gasteiger partial charge in [-0.3, -0.25) is 4.79 Å². The molecule has 0 spiro atoms. The van der Waals surface area contributed by atoms with Gasteiger partial charge in [0.15, 0.2) is 0 Å². The van der Waals surface area contributed by atoms with Crippen LogP contribution in [-0.2, 0) is 11.2 Å². The molecule has 0 fully saturated rings. The summed E-state index contributed by atoms with van der Waals surface area (Å²) >= 11 is 0. The maximum absolute atomic E-state index is 12.7. The Bertz CT molecular complexity index is 757. The van der Waals surface area contributed by atoms with Crippen molar-refractivity contribution >= 4 is 17.7 Å². The fourth-order valence-corrected chi connectivity index (χ4v) is 2.75. The number of amides is 1. The van der Waals surface area contributed by atoms with Crippen molar-refractivity contribution in [3.05, 3.63) is 71.3 Å². The molecule has 3 rings (SSSR count). The third-order valence-corrected chi connectivity index (χ3v) is 3.82. The van der Waals surface area contributed by atoms with Crippen molar-refractivity contribution in [2.24, 2.45) is 0 Å². The molecule has 0 N–H and O–H groups in total. The summed E-state index contributed by atoms with van der Waals surface area (Å²) in [4.78, 5) is 14.5. The first-order valence-electron chi connectivity index (χ1n) is 7.36. The van der Waals surface area contributed by atoms with Gasteiger partial charge in [0, 0.05) is 12.2 Å². The molecular weight excluding hydrogens is 272 g/mol. The van der Waals surface area contributed by atoms with Gasteiger partial charge in [-0.1, -0.05) is 48.5 Å². The summed E-state index contributed by atoms with van der Waals surface area (Å²) in [6.45, 7) is 0.656. The lowest BCUT2D eigenvalue weighted by Crippen LogP contribution is -2.36. The lowest BCUT2D eigenvalue weighted by Gasteiger charge is -2.29. The van der Waals surface area contributed by atoms with Crippen molar-refractivity contribution in [1.82, 2.24) is 0 Å². The van der Waals surface area contributed by atoms with Gasteiger partial charge in [-0.25, -0.2) is 0 Å². The average molecular weight is 288 g/mol. The highest BCUT2D eigenvalue weighted by molar-refractivity contribution is 6.11. The van der Waals surface area contributed by atoms with E-state index in [-0.39, 0.29) is 11.5 Å². The smallest absolute Gasteiger partial charge is 0.268 e. The number of carbonyl (C=O) groups excluding carboxylic acids is 1. The van der Waals surface area contributed by atoms with Crippen molar-refractivity contribution in [3.63, 3.8) is 0 Å². The quantitative estimate of drug-likeness (QED) is 0.626. The highest BCUT2D eigenvalue weighted by atomic mass is 16.2. The van der Waals surface area contributed by atoms with Crippen LogP contribution in [-0.4, -0.2) is 12.5 Å². The lowest BCUT2D eigenvalue weighted by atomic mass is 10.0. The molecule has 0 aromatic heterocycles. The third-order valence-electron chi connectivity index (χ3n) is 3.82. The van der Waals surface area contributed by atoms with E-state index in [0.29, 0.717) is 6.54 Å². The van der Waals surface area contributed by atoms with Crippen LogP contribution in [0.5, 0.6) is 0 Å². The van der Waals surface area contributed by atoms with E-state index < -0.39 is 0 Å². The first-order valence-corrected chi connectivity index (χ1v) is 7.36. The van der Waals surface area contributed by atoms with Gasteiger partial charge in [0.05, 0.1) is 0 Å². The van der Waals surface area contributed by atoms with Gasteiger partial charge in [0.25, 0.3) is 5.91 Å². The Hall–Kier alpha value is -2.86. The zero-order chi connectivity index (χ0) is 15.4. The van der Waals surface area contributed by atoms with Crippen molar-refractivity contribution in [2.75, 3.05) is 11.4 Å². The number of rotatable bonds is 2. The standard InChI is InChI=1S/C19H16N2O/c20-14-17(13-15-7-2-1-3-8-15)19(22)21-12-6-10-16-9-4-5-11-18(16)21/h1-5,7-9,11,13H,6,10,12H2/b17-13-. The van der Waals surface area contributed by atoms with E-state index in [9.17, 15) is 10.1 Å². The number of benzene rings is 2. The Kier molecular flexibility index (Phi) is 4.02. The SMILES string of the molecule is N#C/C(=C/c1ccccc1)C(=O)N1CCCc2ccccc21. The average Bonchev–Trinajstić information content (AvgIpc) is 2.59. The first-order chi connectivity index (χ1) is 10.8. The van der Waals surface area contributed by atoms with Crippen LogP contribution < -0.4 is 4.90 Å². The van der Waals surface area contributed by atoms with E-state index in [1.54, 1.807) is 11.0 Å². The van der Waals surface area contributed by atoms with Crippen molar-refractivity contribution in [1.29, 1.82) is 5.26 Å². The molecule has 1 heterocycles. The predicted molar refractivity (Wildman–Crippen MR) is 87.1 cm³/mol. The predicted octanol–water partition coefficient (Wildman–Crippen LogP) is 3.57. The minimum Gasteiger partial charge on any atom is -0.307 e. The number of anilines is 1. The molecule has 0 bridgehead atoms. The topological polar surface area (TPSA) is 44.1 Å². The van der Waals surface area contributed by atoms with E-state index >= 15 is 0 Å². The summed E-state index contributed by atoms with van der Waals surface area (Å²) in [5, 5.41) is 9.37. The zero-order valence-electron chi connectivity index (χ0n) is 12.2. The Morgan fingerprint density at radius 3 is 2.59 bits per heavy atom. The van der Waals surface area contributed by atoms with Crippen LogP contribution >= 0.6 is 0 Å². The van der Waals surface area contributed by atoms with Crippen molar-refractivity contribution < 1.29 is 4.79 Å². The normalized spacial score (nSPS) is 14.1. The van der Waals surface area contributed by atoms with E-state index in [0.717, 1.165) is 24.1 Å². The van der Waals surface area contributed by atoms with Crippen molar-refractivity contribution in [2.45, 2.75) is 12.8 Å².